The average Bonchev–Trinajstić information content (AvgIpc) is 3.19. The molecule has 1 N–H and O–H groups in total. The van der Waals surface area contributed by atoms with Gasteiger partial charge in [0.1, 0.15) is 5.76 Å². The Morgan fingerprint density at radius 2 is 1.88 bits per heavy atom. The number of hydrogen-bond acceptors (Lipinski definition) is 4. The summed E-state index contributed by atoms with van der Waals surface area (Å²) in [7, 11) is 0. The third kappa shape index (κ3) is 5.40. The number of amides is 1. The first kappa shape index (κ1) is 22.6. The zero-order valence-corrected chi connectivity index (χ0v) is 19.5. The second-order valence-electron chi connectivity index (χ2n) is 8.43. The van der Waals surface area contributed by atoms with Gasteiger partial charge in [-0.15, -0.1) is 0 Å². The van der Waals surface area contributed by atoms with E-state index in [0.29, 0.717) is 17.5 Å². The Balaban J connectivity index is 1.29. The topological polar surface area (TPSA) is 58.4 Å². The van der Waals surface area contributed by atoms with Crippen molar-refractivity contribution in [2.24, 2.45) is 5.92 Å². The van der Waals surface area contributed by atoms with Crippen molar-refractivity contribution in [1.82, 2.24) is 15.2 Å². The van der Waals surface area contributed by atoms with Gasteiger partial charge in [0.2, 0.25) is 11.8 Å². The number of aryl methyl sites for hydroxylation is 2. The maximum Gasteiger partial charge on any atom is 0.226 e. The molecule has 3 aromatic rings. The van der Waals surface area contributed by atoms with E-state index in [1.165, 1.54) is 5.56 Å². The molecule has 0 bridgehead atoms. The first-order valence-corrected chi connectivity index (χ1v) is 11.7. The van der Waals surface area contributed by atoms with E-state index >= 15 is 0 Å². The highest BCUT2D eigenvalue weighted by molar-refractivity contribution is 6.31. The van der Waals surface area contributed by atoms with Crippen LogP contribution >= 0.6 is 11.6 Å². The van der Waals surface area contributed by atoms with E-state index in [4.69, 9.17) is 21.0 Å². The fraction of sp³-hybridized carbons (Fsp3) is 0.385. The molecule has 32 heavy (non-hydrogen) atoms. The monoisotopic (exact) mass is 451 g/mol. The summed E-state index contributed by atoms with van der Waals surface area (Å²) in [5, 5.41) is 3.73. The maximum absolute atomic E-state index is 12.6. The molecule has 1 saturated heterocycles. The molecule has 2 aromatic carbocycles. The van der Waals surface area contributed by atoms with Gasteiger partial charge >= 0.3 is 0 Å². The summed E-state index contributed by atoms with van der Waals surface area (Å²) in [6.07, 6.45) is 2.71. The van der Waals surface area contributed by atoms with Crippen LogP contribution in [-0.2, 0) is 24.3 Å². The molecule has 0 spiro atoms. The maximum atomic E-state index is 12.6. The molecule has 1 aliphatic heterocycles. The molecular weight excluding hydrogens is 422 g/mol. The van der Waals surface area contributed by atoms with Crippen molar-refractivity contribution in [1.29, 1.82) is 0 Å². The number of oxazole rings is 1. The zero-order valence-electron chi connectivity index (χ0n) is 18.7. The Hall–Kier alpha value is -2.63. The summed E-state index contributed by atoms with van der Waals surface area (Å²) in [5.41, 5.74) is 4.23. The van der Waals surface area contributed by atoms with Crippen LogP contribution in [0.15, 0.2) is 52.9 Å². The third-order valence-corrected chi connectivity index (χ3v) is 6.61. The Morgan fingerprint density at radius 3 is 2.56 bits per heavy atom. The SMILES string of the molecule is CCc1ccc(-c2nc(CN3CCC(C(=O)NCc4ccccc4Cl)CC3)c(C)o2)cc1. The number of aromatic nitrogens is 1. The quantitative estimate of drug-likeness (QED) is 0.523. The fourth-order valence-electron chi connectivity index (χ4n) is 4.11. The lowest BCUT2D eigenvalue weighted by Gasteiger charge is -2.30. The van der Waals surface area contributed by atoms with Crippen molar-refractivity contribution in [3.63, 3.8) is 0 Å². The first-order valence-electron chi connectivity index (χ1n) is 11.3. The number of nitrogens with zero attached hydrogens (tertiary/aromatic N) is 2. The molecule has 0 atom stereocenters. The fourth-order valence-corrected chi connectivity index (χ4v) is 4.32. The number of carbonyl (C=O) groups is 1. The number of halogens is 1. The van der Waals surface area contributed by atoms with Crippen LogP contribution in [0.5, 0.6) is 0 Å². The standard InChI is InChI=1S/C26H30ClN3O2/c1-3-19-8-10-21(11-9-19)26-29-24(18(2)32-26)17-30-14-12-20(13-15-30)25(31)28-16-22-6-4-5-7-23(22)27/h4-11,20H,3,12-17H2,1-2H3,(H,28,31). The molecular formula is C26H30ClN3O2. The van der Waals surface area contributed by atoms with E-state index in [1.807, 2.05) is 31.2 Å². The Kier molecular flexibility index (Phi) is 7.28. The largest absolute Gasteiger partial charge is 0.441 e. The molecule has 1 fully saturated rings. The van der Waals surface area contributed by atoms with Gasteiger partial charge < -0.3 is 9.73 Å². The lowest BCUT2D eigenvalue weighted by molar-refractivity contribution is -0.126. The van der Waals surface area contributed by atoms with E-state index in [0.717, 1.165) is 61.5 Å². The van der Waals surface area contributed by atoms with Gasteiger partial charge in [-0.1, -0.05) is 48.9 Å². The highest BCUT2D eigenvalue weighted by Crippen LogP contribution is 2.25. The summed E-state index contributed by atoms with van der Waals surface area (Å²) in [6, 6.07) is 16.0. The van der Waals surface area contributed by atoms with Gasteiger partial charge in [0, 0.05) is 29.6 Å². The number of piperidine rings is 1. The molecule has 6 heteroatoms. The molecule has 0 radical (unpaired) electrons. The van der Waals surface area contributed by atoms with Crippen molar-refractivity contribution in [3.8, 4) is 11.5 Å². The van der Waals surface area contributed by atoms with Crippen molar-refractivity contribution >= 4 is 17.5 Å². The van der Waals surface area contributed by atoms with Crippen LogP contribution in [-0.4, -0.2) is 28.9 Å². The molecule has 1 aliphatic rings. The van der Waals surface area contributed by atoms with Gasteiger partial charge in [0.05, 0.1) is 5.69 Å². The first-order chi connectivity index (χ1) is 15.5. The summed E-state index contributed by atoms with van der Waals surface area (Å²) in [4.78, 5) is 19.7. The van der Waals surface area contributed by atoms with Gasteiger partial charge in [0.25, 0.3) is 0 Å². The number of nitrogens with one attached hydrogen (secondary N) is 1. The van der Waals surface area contributed by atoms with Crippen molar-refractivity contribution in [3.05, 3.63) is 76.1 Å². The predicted molar refractivity (Wildman–Crippen MR) is 127 cm³/mol. The minimum atomic E-state index is 0.0415. The molecule has 4 rings (SSSR count). The van der Waals surface area contributed by atoms with Crippen LogP contribution in [0.2, 0.25) is 5.02 Å². The average molecular weight is 452 g/mol. The van der Waals surface area contributed by atoms with Gasteiger partial charge in [-0.3, -0.25) is 9.69 Å². The van der Waals surface area contributed by atoms with E-state index in [-0.39, 0.29) is 11.8 Å². The van der Waals surface area contributed by atoms with Crippen LogP contribution in [0.3, 0.4) is 0 Å². The number of rotatable bonds is 7. The van der Waals surface area contributed by atoms with Gasteiger partial charge in [0.15, 0.2) is 0 Å². The molecule has 0 saturated carbocycles. The third-order valence-electron chi connectivity index (χ3n) is 6.24. The van der Waals surface area contributed by atoms with E-state index in [1.54, 1.807) is 0 Å². The Labute approximate surface area is 194 Å². The highest BCUT2D eigenvalue weighted by atomic mass is 35.5. The molecule has 2 heterocycles. The second kappa shape index (κ2) is 10.3. The van der Waals surface area contributed by atoms with Crippen LogP contribution in [0.25, 0.3) is 11.5 Å². The lowest BCUT2D eigenvalue weighted by atomic mass is 9.95. The Bertz CT molecular complexity index is 1050. The van der Waals surface area contributed by atoms with Crippen molar-refractivity contribution < 1.29 is 9.21 Å². The summed E-state index contributed by atoms with van der Waals surface area (Å²) in [5.74, 6) is 1.69. The molecule has 0 aliphatic carbocycles. The Morgan fingerprint density at radius 1 is 1.16 bits per heavy atom. The number of benzene rings is 2. The lowest BCUT2D eigenvalue weighted by Crippen LogP contribution is -2.40. The van der Waals surface area contributed by atoms with Crippen LogP contribution in [0.1, 0.15) is 42.3 Å². The van der Waals surface area contributed by atoms with E-state index in [9.17, 15) is 4.79 Å². The molecule has 168 valence electrons. The van der Waals surface area contributed by atoms with Gasteiger partial charge in [-0.05, 0) is 68.6 Å². The van der Waals surface area contributed by atoms with E-state index < -0.39 is 0 Å². The minimum absolute atomic E-state index is 0.0415. The highest BCUT2D eigenvalue weighted by Gasteiger charge is 2.26. The van der Waals surface area contributed by atoms with Crippen LogP contribution in [0.4, 0.5) is 0 Å². The number of hydrogen-bond donors (Lipinski definition) is 1. The predicted octanol–water partition coefficient (Wildman–Crippen LogP) is 5.39. The molecule has 5 nitrogen and oxygen atoms in total. The summed E-state index contributed by atoms with van der Waals surface area (Å²) < 4.78 is 5.95. The zero-order chi connectivity index (χ0) is 22.5. The number of carbonyl (C=O) groups excluding carboxylic acids is 1. The second-order valence-corrected chi connectivity index (χ2v) is 8.84. The van der Waals surface area contributed by atoms with Crippen LogP contribution < -0.4 is 5.32 Å². The van der Waals surface area contributed by atoms with Crippen molar-refractivity contribution in [2.75, 3.05) is 13.1 Å². The van der Waals surface area contributed by atoms with E-state index in [2.05, 4.69) is 41.4 Å². The van der Waals surface area contributed by atoms with Crippen LogP contribution in [0, 0.1) is 12.8 Å². The van der Waals surface area contributed by atoms with Gasteiger partial charge in [-0.2, -0.15) is 0 Å². The van der Waals surface area contributed by atoms with Crippen molar-refractivity contribution in [2.45, 2.75) is 46.2 Å². The van der Waals surface area contributed by atoms with Gasteiger partial charge in [-0.25, -0.2) is 4.98 Å². The summed E-state index contributed by atoms with van der Waals surface area (Å²) in [6.45, 7) is 7.08. The summed E-state index contributed by atoms with van der Waals surface area (Å²) >= 11 is 6.19. The minimum Gasteiger partial charge on any atom is -0.441 e. The smallest absolute Gasteiger partial charge is 0.226 e. The number of likely N-dealkylation sites (tertiary alicyclic amines) is 1. The molecule has 1 aromatic heterocycles. The normalized spacial score (nSPS) is 15.1. The molecule has 0 unspecified atom stereocenters. The molecule has 1 amide bonds.